The highest BCUT2D eigenvalue weighted by Crippen LogP contribution is 2.30. The van der Waals surface area contributed by atoms with E-state index in [1.54, 1.807) is 0 Å². The highest BCUT2D eigenvalue weighted by atomic mass is 16.3. The van der Waals surface area contributed by atoms with Crippen LogP contribution in [0.5, 0.6) is 0 Å². The summed E-state index contributed by atoms with van der Waals surface area (Å²) in [6, 6.07) is 4.94. The van der Waals surface area contributed by atoms with E-state index < -0.39 is 0 Å². The number of hydrogen-bond acceptors (Lipinski definition) is 5. The van der Waals surface area contributed by atoms with E-state index in [0.717, 1.165) is 67.7 Å². The molecule has 0 unspecified atom stereocenters. The molecular formula is C21H28N4O2. The van der Waals surface area contributed by atoms with Crippen molar-refractivity contribution in [2.24, 2.45) is 0 Å². The van der Waals surface area contributed by atoms with Crippen molar-refractivity contribution in [3.05, 3.63) is 29.2 Å². The highest BCUT2D eigenvalue weighted by molar-refractivity contribution is 5.80. The average Bonchev–Trinajstić information content (AvgIpc) is 2.97. The lowest BCUT2D eigenvalue weighted by Gasteiger charge is -2.43. The molecule has 0 bridgehead atoms. The molecule has 27 heavy (non-hydrogen) atoms. The largest absolute Gasteiger partial charge is 0.441 e. The molecule has 1 aliphatic carbocycles. The predicted molar refractivity (Wildman–Crippen MR) is 104 cm³/mol. The maximum atomic E-state index is 12.8. The Balaban J connectivity index is 1.20. The number of hydrogen-bond donors (Lipinski definition) is 0. The number of carbonyl (C=O) groups is 1. The lowest BCUT2D eigenvalue weighted by molar-refractivity contribution is -0.135. The van der Waals surface area contributed by atoms with Crippen LogP contribution >= 0.6 is 0 Å². The van der Waals surface area contributed by atoms with Gasteiger partial charge in [-0.2, -0.15) is 0 Å². The van der Waals surface area contributed by atoms with E-state index in [4.69, 9.17) is 4.42 Å². The SMILES string of the molecule is Cc1ccc2c3c(oc2n1)CN(CC(=O)N1CCN(C2CCC2)CC1)CC3. The van der Waals surface area contributed by atoms with Crippen LogP contribution in [-0.4, -0.2) is 70.9 Å². The fourth-order valence-corrected chi connectivity index (χ4v) is 4.64. The van der Waals surface area contributed by atoms with Gasteiger partial charge in [-0.1, -0.05) is 6.42 Å². The Hall–Kier alpha value is -1.92. The fourth-order valence-electron chi connectivity index (χ4n) is 4.64. The minimum Gasteiger partial charge on any atom is -0.441 e. The number of pyridine rings is 1. The van der Waals surface area contributed by atoms with Crippen molar-refractivity contribution in [2.45, 2.75) is 45.2 Å². The quantitative estimate of drug-likeness (QED) is 0.831. The van der Waals surface area contributed by atoms with Gasteiger partial charge in [0.25, 0.3) is 0 Å². The topological polar surface area (TPSA) is 52.8 Å². The lowest BCUT2D eigenvalue weighted by Crippen LogP contribution is -2.55. The van der Waals surface area contributed by atoms with Crippen LogP contribution in [0.2, 0.25) is 0 Å². The van der Waals surface area contributed by atoms with Gasteiger partial charge in [0.15, 0.2) is 0 Å². The minimum atomic E-state index is 0.261. The van der Waals surface area contributed by atoms with Gasteiger partial charge in [-0.15, -0.1) is 0 Å². The molecule has 1 amide bonds. The zero-order valence-corrected chi connectivity index (χ0v) is 16.1. The van der Waals surface area contributed by atoms with E-state index in [2.05, 4.69) is 20.9 Å². The van der Waals surface area contributed by atoms with Gasteiger partial charge < -0.3 is 9.32 Å². The van der Waals surface area contributed by atoms with E-state index in [0.29, 0.717) is 13.1 Å². The zero-order chi connectivity index (χ0) is 18.4. The van der Waals surface area contributed by atoms with Crippen molar-refractivity contribution >= 4 is 17.0 Å². The third-order valence-electron chi connectivity index (χ3n) is 6.54. The number of carbonyl (C=O) groups excluding carboxylic acids is 1. The van der Waals surface area contributed by atoms with Crippen LogP contribution in [0, 0.1) is 6.92 Å². The van der Waals surface area contributed by atoms with Gasteiger partial charge in [0.2, 0.25) is 11.6 Å². The number of piperazine rings is 1. The summed E-state index contributed by atoms with van der Waals surface area (Å²) in [6.07, 6.45) is 4.99. The number of rotatable bonds is 3. The Morgan fingerprint density at radius 3 is 2.74 bits per heavy atom. The van der Waals surface area contributed by atoms with E-state index in [9.17, 15) is 4.79 Å². The Morgan fingerprint density at radius 1 is 1.19 bits per heavy atom. The molecule has 2 fully saturated rings. The van der Waals surface area contributed by atoms with Crippen LogP contribution in [0.4, 0.5) is 0 Å². The number of fused-ring (bicyclic) bond motifs is 3. The second-order valence-corrected chi connectivity index (χ2v) is 8.27. The molecule has 2 aromatic heterocycles. The summed E-state index contributed by atoms with van der Waals surface area (Å²) in [6.45, 7) is 7.92. The van der Waals surface area contributed by atoms with Crippen LogP contribution in [0.15, 0.2) is 16.5 Å². The molecule has 1 saturated heterocycles. The molecule has 2 aromatic rings. The minimum absolute atomic E-state index is 0.261. The Bertz CT molecular complexity index is 849. The van der Waals surface area contributed by atoms with Crippen molar-refractivity contribution in [1.82, 2.24) is 19.7 Å². The van der Waals surface area contributed by atoms with Crippen LogP contribution in [0.1, 0.15) is 36.3 Å². The van der Waals surface area contributed by atoms with Gasteiger partial charge in [-0.05, 0) is 38.3 Å². The van der Waals surface area contributed by atoms with Gasteiger partial charge in [-0.25, -0.2) is 4.98 Å². The number of nitrogens with zero attached hydrogens (tertiary/aromatic N) is 4. The molecule has 6 nitrogen and oxygen atoms in total. The summed E-state index contributed by atoms with van der Waals surface area (Å²) in [7, 11) is 0. The third kappa shape index (κ3) is 3.25. The average molecular weight is 368 g/mol. The molecule has 2 aliphatic heterocycles. The molecular weight excluding hydrogens is 340 g/mol. The van der Waals surface area contributed by atoms with E-state index >= 15 is 0 Å². The summed E-state index contributed by atoms with van der Waals surface area (Å²) in [4.78, 5) is 24.1. The summed E-state index contributed by atoms with van der Waals surface area (Å²) in [5, 5.41) is 1.13. The summed E-state index contributed by atoms with van der Waals surface area (Å²) < 4.78 is 6.00. The maximum absolute atomic E-state index is 12.8. The number of aryl methyl sites for hydroxylation is 1. The van der Waals surface area contributed by atoms with Crippen LogP contribution in [0.3, 0.4) is 0 Å². The van der Waals surface area contributed by atoms with Gasteiger partial charge in [0.1, 0.15) is 5.76 Å². The van der Waals surface area contributed by atoms with Crippen LogP contribution in [0.25, 0.3) is 11.1 Å². The van der Waals surface area contributed by atoms with Crippen molar-refractivity contribution in [3.8, 4) is 0 Å². The first kappa shape index (κ1) is 17.2. The third-order valence-corrected chi connectivity index (χ3v) is 6.54. The van der Waals surface area contributed by atoms with Crippen molar-refractivity contribution in [1.29, 1.82) is 0 Å². The lowest BCUT2D eigenvalue weighted by atomic mass is 9.91. The second kappa shape index (κ2) is 6.91. The van der Waals surface area contributed by atoms with E-state index in [-0.39, 0.29) is 5.91 Å². The van der Waals surface area contributed by atoms with Gasteiger partial charge in [0.05, 0.1) is 13.1 Å². The van der Waals surface area contributed by atoms with Crippen molar-refractivity contribution in [3.63, 3.8) is 0 Å². The maximum Gasteiger partial charge on any atom is 0.236 e. The number of aromatic nitrogens is 1. The Morgan fingerprint density at radius 2 is 2.00 bits per heavy atom. The summed E-state index contributed by atoms with van der Waals surface area (Å²) >= 11 is 0. The molecule has 0 radical (unpaired) electrons. The molecule has 1 saturated carbocycles. The van der Waals surface area contributed by atoms with E-state index in [1.165, 1.54) is 24.8 Å². The monoisotopic (exact) mass is 368 g/mol. The summed E-state index contributed by atoms with van der Waals surface area (Å²) in [5.41, 5.74) is 2.98. The molecule has 4 heterocycles. The van der Waals surface area contributed by atoms with Gasteiger partial charge in [-0.3, -0.25) is 14.6 Å². The first-order valence-corrected chi connectivity index (χ1v) is 10.3. The molecule has 0 spiro atoms. The molecule has 5 rings (SSSR count). The Labute approximate surface area is 160 Å². The standard InChI is InChI=1S/C21H28N4O2/c1-15-5-6-18-17-7-8-23(13-19(17)27-21(18)22-15)14-20(26)25-11-9-24(10-12-25)16-3-2-4-16/h5-6,16H,2-4,7-14H2,1H3. The Kier molecular flexibility index (Phi) is 4.40. The molecule has 144 valence electrons. The normalized spacial score (nSPS) is 22.0. The zero-order valence-electron chi connectivity index (χ0n) is 16.1. The van der Waals surface area contributed by atoms with E-state index in [1.807, 2.05) is 17.9 Å². The molecule has 0 atom stereocenters. The molecule has 0 N–H and O–H groups in total. The highest BCUT2D eigenvalue weighted by Gasteiger charge is 2.30. The van der Waals surface area contributed by atoms with Crippen LogP contribution < -0.4 is 0 Å². The smallest absolute Gasteiger partial charge is 0.236 e. The van der Waals surface area contributed by atoms with Crippen LogP contribution in [-0.2, 0) is 17.8 Å². The first-order chi connectivity index (χ1) is 13.2. The number of furan rings is 1. The number of amides is 1. The first-order valence-electron chi connectivity index (χ1n) is 10.3. The molecule has 6 heteroatoms. The molecule has 0 aromatic carbocycles. The summed E-state index contributed by atoms with van der Waals surface area (Å²) in [5.74, 6) is 1.24. The van der Waals surface area contributed by atoms with Gasteiger partial charge in [0, 0.05) is 55.4 Å². The predicted octanol–water partition coefficient (Wildman–Crippen LogP) is 2.19. The van der Waals surface area contributed by atoms with Crippen molar-refractivity contribution < 1.29 is 9.21 Å². The fraction of sp³-hybridized carbons (Fsp3) is 0.619. The van der Waals surface area contributed by atoms with Gasteiger partial charge >= 0.3 is 0 Å². The van der Waals surface area contributed by atoms with Crippen molar-refractivity contribution in [2.75, 3.05) is 39.3 Å². The molecule has 3 aliphatic rings. The second-order valence-electron chi connectivity index (χ2n) is 8.27.